The molecule has 0 saturated carbocycles. The molecule has 0 amide bonds. The van der Waals surface area contributed by atoms with E-state index in [0.29, 0.717) is 0 Å². The first-order valence-electron chi connectivity index (χ1n) is 5.55. The van der Waals surface area contributed by atoms with Gasteiger partial charge in [-0.1, -0.05) is 0 Å². The Morgan fingerprint density at radius 1 is 1.53 bits per heavy atom. The minimum Gasteiger partial charge on any atom is -0.461 e. The van der Waals surface area contributed by atoms with Gasteiger partial charge < -0.3 is 4.74 Å². The quantitative estimate of drug-likeness (QED) is 0.725. The molecule has 0 aliphatic rings. The predicted molar refractivity (Wildman–Crippen MR) is 64.7 cm³/mol. The van der Waals surface area contributed by atoms with Crippen molar-refractivity contribution in [2.75, 3.05) is 6.61 Å². The summed E-state index contributed by atoms with van der Waals surface area (Å²) in [6.45, 7) is 3.32. The molecule has 0 spiro atoms. The Labute approximate surface area is 108 Å². The van der Waals surface area contributed by atoms with E-state index in [1.807, 2.05) is 6.07 Å². The Morgan fingerprint density at radius 3 is 2.89 bits per heavy atom. The van der Waals surface area contributed by atoms with Crippen LogP contribution >= 0.6 is 0 Å². The lowest BCUT2D eigenvalue weighted by atomic mass is 10.2. The second kappa shape index (κ2) is 4.86. The van der Waals surface area contributed by atoms with Crippen LogP contribution in [0.2, 0.25) is 0 Å². The van der Waals surface area contributed by atoms with E-state index in [2.05, 4.69) is 10.1 Å². The van der Waals surface area contributed by atoms with E-state index in [1.54, 1.807) is 6.92 Å². The third-order valence-corrected chi connectivity index (χ3v) is 2.57. The standard InChI is InChI=1S/C12H10N4O3/c1-3-19-12(18)10-7(2)9(17)6-14-11-8(4-13)5-15-16(10)11/h5-6H,3H2,1-2H3. The van der Waals surface area contributed by atoms with Crippen molar-refractivity contribution in [3.63, 3.8) is 0 Å². The summed E-state index contributed by atoms with van der Waals surface area (Å²) in [5.41, 5.74) is 0.0723. The summed E-state index contributed by atoms with van der Waals surface area (Å²) >= 11 is 0. The van der Waals surface area contributed by atoms with Crippen molar-refractivity contribution in [3.8, 4) is 6.07 Å². The number of hydrogen-bond donors (Lipinski definition) is 0. The van der Waals surface area contributed by atoms with Crippen molar-refractivity contribution in [2.24, 2.45) is 0 Å². The molecule has 0 radical (unpaired) electrons. The van der Waals surface area contributed by atoms with Gasteiger partial charge in [0.2, 0.25) is 5.43 Å². The summed E-state index contributed by atoms with van der Waals surface area (Å²) in [7, 11) is 0. The van der Waals surface area contributed by atoms with Crippen molar-refractivity contribution in [1.82, 2.24) is 14.6 Å². The first kappa shape index (κ1) is 12.7. The smallest absolute Gasteiger partial charge is 0.357 e. The molecule has 0 aromatic carbocycles. The Balaban J connectivity index is 2.91. The summed E-state index contributed by atoms with van der Waals surface area (Å²) in [4.78, 5) is 27.6. The van der Waals surface area contributed by atoms with Crippen LogP contribution in [0.1, 0.15) is 28.5 Å². The zero-order chi connectivity index (χ0) is 14.0. The normalized spacial score (nSPS) is 10.2. The molecule has 2 heterocycles. The third-order valence-electron chi connectivity index (χ3n) is 2.57. The van der Waals surface area contributed by atoms with E-state index in [9.17, 15) is 9.59 Å². The maximum Gasteiger partial charge on any atom is 0.357 e. The second-order valence-corrected chi connectivity index (χ2v) is 3.72. The van der Waals surface area contributed by atoms with Gasteiger partial charge in [0.25, 0.3) is 0 Å². The lowest BCUT2D eigenvalue weighted by Gasteiger charge is -2.03. The number of esters is 1. The highest BCUT2D eigenvalue weighted by atomic mass is 16.5. The van der Waals surface area contributed by atoms with Gasteiger partial charge in [-0.3, -0.25) is 4.79 Å². The number of fused-ring (bicyclic) bond motifs is 1. The van der Waals surface area contributed by atoms with Gasteiger partial charge in [0.15, 0.2) is 11.3 Å². The number of ether oxygens (including phenoxy) is 1. The van der Waals surface area contributed by atoms with Gasteiger partial charge in [0.1, 0.15) is 11.6 Å². The second-order valence-electron chi connectivity index (χ2n) is 3.72. The number of nitrogens with zero attached hydrogens (tertiary/aromatic N) is 4. The summed E-state index contributed by atoms with van der Waals surface area (Å²) in [5.74, 6) is -0.673. The summed E-state index contributed by atoms with van der Waals surface area (Å²) < 4.78 is 6.07. The molecule has 0 saturated heterocycles. The molecular weight excluding hydrogens is 248 g/mol. The minimum atomic E-state index is -0.673. The van der Waals surface area contributed by atoms with Crippen LogP contribution in [0.15, 0.2) is 17.2 Å². The van der Waals surface area contributed by atoms with Crippen LogP contribution in [0, 0.1) is 18.3 Å². The van der Waals surface area contributed by atoms with Crippen molar-refractivity contribution in [2.45, 2.75) is 13.8 Å². The van der Waals surface area contributed by atoms with E-state index in [0.717, 1.165) is 10.7 Å². The zero-order valence-electron chi connectivity index (χ0n) is 10.4. The zero-order valence-corrected chi connectivity index (χ0v) is 10.4. The lowest BCUT2D eigenvalue weighted by molar-refractivity contribution is 0.0515. The fourth-order valence-electron chi connectivity index (χ4n) is 1.64. The lowest BCUT2D eigenvalue weighted by Crippen LogP contribution is -2.15. The molecule has 7 heteroatoms. The molecular formula is C12H10N4O3. The predicted octanol–water partition coefficient (Wildman–Crippen LogP) is 0.446. The number of hydrogen-bond acceptors (Lipinski definition) is 6. The van der Waals surface area contributed by atoms with Crippen LogP contribution in [0.5, 0.6) is 0 Å². The van der Waals surface area contributed by atoms with Crippen LogP contribution in [-0.2, 0) is 4.74 Å². The molecule has 19 heavy (non-hydrogen) atoms. The topological polar surface area (TPSA) is 97.4 Å². The molecule has 0 N–H and O–H groups in total. The van der Waals surface area contributed by atoms with Crippen LogP contribution in [0.4, 0.5) is 0 Å². The third kappa shape index (κ3) is 2.04. The van der Waals surface area contributed by atoms with Gasteiger partial charge in [-0.2, -0.15) is 10.4 Å². The van der Waals surface area contributed by atoms with E-state index >= 15 is 0 Å². The molecule has 0 atom stereocenters. The average Bonchev–Trinajstić information content (AvgIpc) is 2.74. The van der Waals surface area contributed by atoms with E-state index in [4.69, 9.17) is 10.00 Å². The van der Waals surface area contributed by atoms with Crippen LogP contribution in [-0.4, -0.2) is 27.2 Å². The highest BCUT2D eigenvalue weighted by molar-refractivity contribution is 5.89. The maximum atomic E-state index is 11.9. The largest absolute Gasteiger partial charge is 0.461 e. The molecule has 7 nitrogen and oxygen atoms in total. The molecule has 0 aliphatic heterocycles. The van der Waals surface area contributed by atoms with E-state index in [-0.39, 0.29) is 29.1 Å². The molecule has 0 unspecified atom stereocenters. The van der Waals surface area contributed by atoms with Crippen LogP contribution < -0.4 is 5.43 Å². The number of aromatic nitrogens is 3. The van der Waals surface area contributed by atoms with E-state index in [1.165, 1.54) is 13.1 Å². The number of carbonyl (C=O) groups excluding carboxylic acids is 1. The molecule has 0 fully saturated rings. The van der Waals surface area contributed by atoms with Gasteiger partial charge in [-0.05, 0) is 13.8 Å². The summed E-state index contributed by atoms with van der Waals surface area (Å²) in [5, 5.41) is 12.9. The molecule has 2 rings (SSSR count). The average molecular weight is 258 g/mol. The van der Waals surface area contributed by atoms with Crippen molar-refractivity contribution < 1.29 is 9.53 Å². The molecule has 2 aromatic heterocycles. The minimum absolute atomic E-state index is 0.0131. The highest BCUT2D eigenvalue weighted by Gasteiger charge is 2.18. The summed E-state index contributed by atoms with van der Waals surface area (Å²) in [6, 6.07) is 1.90. The highest BCUT2D eigenvalue weighted by Crippen LogP contribution is 2.10. The van der Waals surface area contributed by atoms with Crippen molar-refractivity contribution in [3.05, 3.63) is 39.4 Å². The Hall–Kier alpha value is -2.75. The SMILES string of the molecule is CCOC(=O)c1c(C)c(=O)cnc2c(C#N)cnn12. The molecule has 0 aliphatic carbocycles. The Bertz CT molecular complexity index is 758. The van der Waals surface area contributed by atoms with Crippen molar-refractivity contribution >= 4 is 11.6 Å². The fourth-order valence-corrected chi connectivity index (χ4v) is 1.64. The number of nitriles is 1. The van der Waals surface area contributed by atoms with Crippen molar-refractivity contribution in [1.29, 1.82) is 5.26 Å². The Kier molecular flexibility index (Phi) is 3.25. The molecule has 0 bridgehead atoms. The van der Waals surface area contributed by atoms with Crippen LogP contribution in [0.3, 0.4) is 0 Å². The molecule has 2 aromatic rings. The van der Waals surface area contributed by atoms with Crippen LogP contribution in [0.25, 0.3) is 5.65 Å². The fraction of sp³-hybridized carbons (Fsp3) is 0.250. The first-order chi connectivity index (χ1) is 9.10. The van der Waals surface area contributed by atoms with Gasteiger partial charge in [-0.15, -0.1) is 0 Å². The Morgan fingerprint density at radius 2 is 2.26 bits per heavy atom. The maximum absolute atomic E-state index is 11.9. The van der Waals surface area contributed by atoms with Gasteiger partial charge in [0.05, 0.1) is 19.0 Å². The monoisotopic (exact) mass is 258 g/mol. The van der Waals surface area contributed by atoms with Gasteiger partial charge in [-0.25, -0.2) is 14.3 Å². The molecule has 96 valence electrons. The van der Waals surface area contributed by atoms with Gasteiger partial charge in [0, 0.05) is 5.56 Å². The number of rotatable bonds is 2. The first-order valence-corrected chi connectivity index (χ1v) is 5.55. The number of carbonyl (C=O) groups is 1. The van der Waals surface area contributed by atoms with E-state index < -0.39 is 11.4 Å². The van der Waals surface area contributed by atoms with Gasteiger partial charge >= 0.3 is 5.97 Å². The summed E-state index contributed by atoms with van der Waals surface area (Å²) in [6.07, 6.45) is 2.35.